The third kappa shape index (κ3) is 2.08. The van der Waals surface area contributed by atoms with Crippen LogP contribution in [0.25, 0.3) is 11.3 Å². The fraction of sp³-hybridized carbons (Fsp3) is 0. The molecule has 1 aromatic carbocycles. The molecular formula is C12H7FO4. The topological polar surface area (TPSA) is 67.5 Å². The molecule has 2 rings (SSSR count). The van der Waals surface area contributed by atoms with Crippen molar-refractivity contribution in [3.05, 3.63) is 47.5 Å². The monoisotopic (exact) mass is 234 g/mol. The molecule has 0 atom stereocenters. The van der Waals surface area contributed by atoms with Gasteiger partial charge in [0.05, 0.1) is 11.1 Å². The highest BCUT2D eigenvalue weighted by atomic mass is 19.1. The number of hydrogen-bond donors (Lipinski definition) is 1. The highest BCUT2D eigenvalue weighted by Gasteiger charge is 2.12. The number of carbonyl (C=O) groups excluding carboxylic acids is 1. The Morgan fingerprint density at radius 1 is 1.29 bits per heavy atom. The van der Waals surface area contributed by atoms with Crippen LogP contribution in [0.15, 0.2) is 34.7 Å². The summed E-state index contributed by atoms with van der Waals surface area (Å²) in [5.74, 6) is -1.65. The van der Waals surface area contributed by atoms with Crippen LogP contribution in [0.4, 0.5) is 4.39 Å². The largest absolute Gasteiger partial charge is 0.478 e. The molecule has 1 heterocycles. The standard InChI is InChI=1S/C12H7FO4/c13-10-5-7(12(15)16)1-3-9(10)11-4-2-8(6-14)17-11/h1-6H,(H,15,16). The Labute approximate surface area is 95.3 Å². The van der Waals surface area contributed by atoms with Gasteiger partial charge in [-0.05, 0) is 30.3 Å². The van der Waals surface area contributed by atoms with Gasteiger partial charge in [-0.15, -0.1) is 0 Å². The molecule has 0 saturated heterocycles. The molecule has 4 nitrogen and oxygen atoms in total. The van der Waals surface area contributed by atoms with Gasteiger partial charge in [-0.3, -0.25) is 4.79 Å². The minimum absolute atomic E-state index is 0.0849. The number of carbonyl (C=O) groups is 2. The zero-order valence-corrected chi connectivity index (χ0v) is 8.51. The average Bonchev–Trinajstić information content (AvgIpc) is 2.77. The Bertz CT molecular complexity index is 586. The first-order valence-corrected chi connectivity index (χ1v) is 4.70. The molecule has 0 unspecified atom stereocenters. The zero-order chi connectivity index (χ0) is 12.4. The molecule has 17 heavy (non-hydrogen) atoms. The number of halogens is 1. The van der Waals surface area contributed by atoms with E-state index in [9.17, 15) is 14.0 Å². The fourth-order valence-corrected chi connectivity index (χ4v) is 1.41. The Morgan fingerprint density at radius 3 is 2.59 bits per heavy atom. The number of carboxylic acid groups (broad SMARTS) is 1. The van der Waals surface area contributed by atoms with E-state index >= 15 is 0 Å². The van der Waals surface area contributed by atoms with Crippen LogP contribution in [0.3, 0.4) is 0 Å². The van der Waals surface area contributed by atoms with Gasteiger partial charge >= 0.3 is 5.97 Å². The number of furan rings is 1. The average molecular weight is 234 g/mol. The lowest BCUT2D eigenvalue weighted by Crippen LogP contribution is -1.97. The number of rotatable bonds is 3. The normalized spacial score (nSPS) is 10.2. The zero-order valence-electron chi connectivity index (χ0n) is 8.51. The van der Waals surface area contributed by atoms with E-state index in [4.69, 9.17) is 9.52 Å². The first-order valence-electron chi connectivity index (χ1n) is 4.70. The van der Waals surface area contributed by atoms with Crippen LogP contribution in [-0.4, -0.2) is 17.4 Å². The quantitative estimate of drug-likeness (QED) is 0.829. The third-order valence-corrected chi connectivity index (χ3v) is 2.22. The molecule has 0 fully saturated rings. The molecule has 0 aliphatic rings. The molecule has 0 saturated carbocycles. The van der Waals surface area contributed by atoms with Gasteiger partial charge in [0.1, 0.15) is 11.6 Å². The van der Waals surface area contributed by atoms with Crippen molar-refractivity contribution in [3.8, 4) is 11.3 Å². The van der Waals surface area contributed by atoms with Gasteiger partial charge in [0.2, 0.25) is 0 Å². The predicted molar refractivity (Wildman–Crippen MR) is 56.4 cm³/mol. The lowest BCUT2D eigenvalue weighted by Gasteiger charge is -2.00. The first-order chi connectivity index (χ1) is 8.11. The number of benzene rings is 1. The van der Waals surface area contributed by atoms with Crippen molar-refractivity contribution in [3.63, 3.8) is 0 Å². The van der Waals surface area contributed by atoms with E-state index < -0.39 is 11.8 Å². The van der Waals surface area contributed by atoms with Crippen LogP contribution in [0.2, 0.25) is 0 Å². The van der Waals surface area contributed by atoms with E-state index in [1.54, 1.807) is 0 Å². The van der Waals surface area contributed by atoms with Gasteiger partial charge in [-0.25, -0.2) is 9.18 Å². The second-order valence-electron chi connectivity index (χ2n) is 3.32. The molecule has 0 aliphatic heterocycles. The molecule has 0 amide bonds. The van der Waals surface area contributed by atoms with Crippen LogP contribution in [0.5, 0.6) is 0 Å². The maximum atomic E-state index is 13.6. The van der Waals surface area contributed by atoms with E-state index in [1.807, 2.05) is 0 Å². The van der Waals surface area contributed by atoms with Crippen LogP contribution < -0.4 is 0 Å². The van der Waals surface area contributed by atoms with E-state index in [1.165, 1.54) is 24.3 Å². The molecule has 0 radical (unpaired) electrons. The first kappa shape index (κ1) is 11.1. The van der Waals surface area contributed by atoms with Gasteiger partial charge in [-0.1, -0.05) is 0 Å². The van der Waals surface area contributed by atoms with Crippen molar-refractivity contribution in [2.75, 3.05) is 0 Å². The van der Waals surface area contributed by atoms with Crippen LogP contribution >= 0.6 is 0 Å². The lowest BCUT2D eigenvalue weighted by molar-refractivity contribution is 0.0696. The van der Waals surface area contributed by atoms with E-state index in [-0.39, 0.29) is 22.6 Å². The molecule has 86 valence electrons. The number of aromatic carboxylic acids is 1. The highest BCUT2D eigenvalue weighted by Crippen LogP contribution is 2.25. The minimum Gasteiger partial charge on any atom is -0.478 e. The Morgan fingerprint density at radius 2 is 2.06 bits per heavy atom. The van der Waals surface area contributed by atoms with E-state index in [0.717, 1.165) is 6.07 Å². The molecule has 0 bridgehead atoms. The Kier molecular flexibility index (Phi) is 2.74. The third-order valence-electron chi connectivity index (χ3n) is 2.22. The van der Waals surface area contributed by atoms with Gasteiger partial charge in [0.15, 0.2) is 12.0 Å². The summed E-state index contributed by atoms with van der Waals surface area (Å²) in [5.41, 5.74) is -0.0310. The number of aldehydes is 1. The molecule has 0 spiro atoms. The molecule has 0 aliphatic carbocycles. The smallest absolute Gasteiger partial charge is 0.335 e. The summed E-state index contributed by atoms with van der Waals surface area (Å²) in [5, 5.41) is 8.68. The summed E-state index contributed by atoms with van der Waals surface area (Å²) in [4.78, 5) is 21.0. The van der Waals surface area contributed by atoms with Crippen molar-refractivity contribution in [1.29, 1.82) is 0 Å². The van der Waals surface area contributed by atoms with Gasteiger partial charge in [0, 0.05) is 0 Å². The van der Waals surface area contributed by atoms with Crippen molar-refractivity contribution in [1.82, 2.24) is 0 Å². The Hall–Kier alpha value is -2.43. The SMILES string of the molecule is O=Cc1ccc(-c2ccc(C(=O)O)cc2F)o1. The van der Waals surface area contributed by atoms with E-state index in [2.05, 4.69) is 0 Å². The van der Waals surface area contributed by atoms with Crippen molar-refractivity contribution >= 4 is 12.3 Å². The van der Waals surface area contributed by atoms with Crippen LogP contribution in [0.1, 0.15) is 20.9 Å². The Balaban J connectivity index is 2.46. The number of hydrogen-bond acceptors (Lipinski definition) is 3. The summed E-state index contributed by atoms with van der Waals surface area (Å²) in [6.45, 7) is 0. The number of carboxylic acids is 1. The lowest BCUT2D eigenvalue weighted by atomic mass is 10.1. The second kappa shape index (κ2) is 4.21. The molecule has 1 N–H and O–H groups in total. The van der Waals surface area contributed by atoms with Crippen LogP contribution in [0, 0.1) is 5.82 Å². The summed E-state index contributed by atoms with van der Waals surface area (Å²) in [7, 11) is 0. The molecule has 2 aromatic rings. The van der Waals surface area contributed by atoms with Gasteiger partial charge < -0.3 is 9.52 Å². The van der Waals surface area contributed by atoms with Crippen molar-refractivity contribution in [2.24, 2.45) is 0 Å². The molecule has 1 aromatic heterocycles. The molecular weight excluding hydrogens is 227 g/mol. The maximum Gasteiger partial charge on any atom is 0.335 e. The maximum absolute atomic E-state index is 13.6. The summed E-state index contributed by atoms with van der Waals surface area (Å²) in [6, 6.07) is 6.33. The second-order valence-corrected chi connectivity index (χ2v) is 3.32. The van der Waals surface area contributed by atoms with Crippen molar-refractivity contribution in [2.45, 2.75) is 0 Å². The summed E-state index contributed by atoms with van der Waals surface area (Å²) < 4.78 is 18.6. The summed E-state index contributed by atoms with van der Waals surface area (Å²) in [6.07, 6.45) is 0.507. The minimum atomic E-state index is -1.21. The van der Waals surface area contributed by atoms with Crippen LogP contribution in [-0.2, 0) is 0 Å². The van der Waals surface area contributed by atoms with Gasteiger partial charge in [-0.2, -0.15) is 0 Å². The van der Waals surface area contributed by atoms with Crippen molar-refractivity contribution < 1.29 is 23.5 Å². The van der Waals surface area contributed by atoms with E-state index in [0.29, 0.717) is 6.29 Å². The van der Waals surface area contributed by atoms with Gasteiger partial charge in [0.25, 0.3) is 0 Å². The molecule has 5 heteroatoms. The fourth-order valence-electron chi connectivity index (χ4n) is 1.41. The summed E-state index contributed by atoms with van der Waals surface area (Å²) >= 11 is 0. The predicted octanol–water partition coefficient (Wildman–Crippen LogP) is 2.60. The highest BCUT2D eigenvalue weighted by molar-refractivity contribution is 5.88.